The summed E-state index contributed by atoms with van der Waals surface area (Å²) < 4.78 is 22.8. The van der Waals surface area contributed by atoms with Crippen LogP contribution in [0.15, 0.2) is 29.2 Å². The maximum Gasteiger partial charge on any atom is 0.175 e. The van der Waals surface area contributed by atoms with E-state index in [1.807, 2.05) is 12.1 Å². The van der Waals surface area contributed by atoms with E-state index in [1.165, 1.54) is 6.26 Å². The summed E-state index contributed by atoms with van der Waals surface area (Å²) in [7, 11) is -3.14. The summed E-state index contributed by atoms with van der Waals surface area (Å²) >= 11 is 0. The molecule has 2 rings (SSSR count). The van der Waals surface area contributed by atoms with Gasteiger partial charge < -0.3 is 10.0 Å². The van der Waals surface area contributed by atoms with Gasteiger partial charge in [0.2, 0.25) is 0 Å². The summed E-state index contributed by atoms with van der Waals surface area (Å²) in [6.45, 7) is 3.17. The Morgan fingerprint density at radius 2 is 1.94 bits per heavy atom. The summed E-state index contributed by atoms with van der Waals surface area (Å²) in [5, 5.41) is 9.41. The number of sulfone groups is 1. The molecule has 2 unspecified atom stereocenters. The van der Waals surface area contributed by atoms with E-state index in [-0.39, 0.29) is 12.6 Å². The molecule has 0 spiro atoms. The molecule has 18 heavy (non-hydrogen) atoms. The molecule has 1 heterocycles. The predicted molar refractivity (Wildman–Crippen MR) is 71.6 cm³/mol. The van der Waals surface area contributed by atoms with Crippen LogP contribution in [0.25, 0.3) is 0 Å². The van der Waals surface area contributed by atoms with E-state index in [1.54, 1.807) is 12.1 Å². The first-order valence-electron chi connectivity index (χ1n) is 6.11. The molecule has 2 atom stereocenters. The second-order valence-electron chi connectivity index (χ2n) is 4.98. The molecular weight excluding hydrogens is 250 g/mol. The SMILES string of the molecule is CC1CCN(c2ccc(S(C)(=O)=O)cc2)C1CO. The molecule has 1 N–H and O–H groups in total. The number of hydrogen-bond donors (Lipinski definition) is 1. The van der Waals surface area contributed by atoms with Crippen molar-refractivity contribution in [1.82, 2.24) is 0 Å². The van der Waals surface area contributed by atoms with Crippen LogP contribution >= 0.6 is 0 Å². The molecule has 0 bridgehead atoms. The second kappa shape index (κ2) is 4.90. The summed E-state index contributed by atoms with van der Waals surface area (Å²) in [5.74, 6) is 0.463. The van der Waals surface area contributed by atoms with Gasteiger partial charge in [0, 0.05) is 18.5 Å². The molecule has 0 saturated carbocycles. The van der Waals surface area contributed by atoms with E-state index in [9.17, 15) is 13.5 Å². The predicted octanol–water partition coefficient (Wildman–Crippen LogP) is 1.30. The standard InChI is InChI=1S/C13H19NO3S/c1-10-7-8-14(13(10)9-15)11-3-5-12(6-4-11)18(2,16)17/h3-6,10,13,15H,7-9H2,1-2H3. The van der Waals surface area contributed by atoms with Crippen molar-refractivity contribution in [1.29, 1.82) is 0 Å². The van der Waals surface area contributed by atoms with Gasteiger partial charge in [-0.15, -0.1) is 0 Å². The van der Waals surface area contributed by atoms with E-state index >= 15 is 0 Å². The molecule has 1 aliphatic heterocycles. The lowest BCUT2D eigenvalue weighted by molar-refractivity contribution is 0.245. The third kappa shape index (κ3) is 2.52. The van der Waals surface area contributed by atoms with Crippen molar-refractivity contribution in [2.24, 2.45) is 5.92 Å². The number of aliphatic hydroxyl groups is 1. The van der Waals surface area contributed by atoms with Crippen LogP contribution in [0.1, 0.15) is 13.3 Å². The first-order valence-corrected chi connectivity index (χ1v) is 8.00. The molecule has 1 aromatic rings. The van der Waals surface area contributed by atoms with Crippen molar-refractivity contribution in [2.75, 3.05) is 24.3 Å². The van der Waals surface area contributed by atoms with Gasteiger partial charge in [-0.25, -0.2) is 8.42 Å². The number of rotatable bonds is 3. The summed E-state index contributed by atoms with van der Waals surface area (Å²) in [6.07, 6.45) is 2.26. The summed E-state index contributed by atoms with van der Waals surface area (Å²) in [5.41, 5.74) is 0.978. The highest BCUT2D eigenvalue weighted by Crippen LogP contribution is 2.29. The highest BCUT2D eigenvalue weighted by molar-refractivity contribution is 7.90. The van der Waals surface area contributed by atoms with Gasteiger partial charge in [0.25, 0.3) is 0 Å². The molecule has 1 saturated heterocycles. The fourth-order valence-corrected chi connectivity index (χ4v) is 3.12. The first kappa shape index (κ1) is 13.4. The number of hydrogen-bond acceptors (Lipinski definition) is 4. The Labute approximate surface area is 108 Å². The zero-order valence-electron chi connectivity index (χ0n) is 10.7. The van der Waals surface area contributed by atoms with E-state index in [0.29, 0.717) is 10.8 Å². The van der Waals surface area contributed by atoms with Crippen molar-refractivity contribution >= 4 is 15.5 Å². The normalized spacial score (nSPS) is 24.5. The average molecular weight is 269 g/mol. The Hall–Kier alpha value is -1.07. The topological polar surface area (TPSA) is 57.6 Å². The molecule has 1 aromatic carbocycles. The maximum atomic E-state index is 11.4. The monoisotopic (exact) mass is 269 g/mol. The van der Waals surface area contributed by atoms with Gasteiger partial charge in [-0.3, -0.25) is 0 Å². The highest BCUT2D eigenvalue weighted by atomic mass is 32.2. The quantitative estimate of drug-likeness (QED) is 0.898. The van der Waals surface area contributed by atoms with Crippen molar-refractivity contribution in [3.05, 3.63) is 24.3 Å². The van der Waals surface area contributed by atoms with Gasteiger partial charge in [-0.2, -0.15) is 0 Å². The third-order valence-electron chi connectivity index (χ3n) is 3.67. The van der Waals surface area contributed by atoms with Crippen LogP contribution in [-0.4, -0.2) is 39.0 Å². The van der Waals surface area contributed by atoms with Gasteiger partial charge >= 0.3 is 0 Å². The van der Waals surface area contributed by atoms with Crippen LogP contribution in [0.5, 0.6) is 0 Å². The van der Waals surface area contributed by atoms with Crippen LogP contribution in [-0.2, 0) is 9.84 Å². The molecule has 0 amide bonds. The second-order valence-corrected chi connectivity index (χ2v) is 6.99. The molecule has 4 nitrogen and oxygen atoms in total. The molecule has 0 aromatic heterocycles. The van der Waals surface area contributed by atoms with Crippen molar-refractivity contribution in [3.8, 4) is 0 Å². The van der Waals surface area contributed by atoms with Crippen LogP contribution in [0.4, 0.5) is 5.69 Å². The zero-order valence-corrected chi connectivity index (χ0v) is 11.5. The minimum Gasteiger partial charge on any atom is -0.394 e. The van der Waals surface area contributed by atoms with E-state index in [4.69, 9.17) is 0 Å². The Bertz CT molecular complexity index is 510. The lowest BCUT2D eigenvalue weighted by Gasteiger charge is -2.27. The Kier molecular flexibility index (Phi) is 3.64. The van der Waals surface area contributed by atoms with E-state index in [2.05, 4.69) is 11.8 Å². The highest BCUT2D eigenvalue weighted by Gasteiger charge is 2.30. The number of anilines is 1. The van der Waals surface area contributed by atoms with E-state index < -0.39 is 9.84 Å². The van der Waals surface area contributed by atoms with Gasteiger partial charge in [0.1, 0.15) is 0 Å². The van der Waals surface area contributed by atoms with Gasteiger partial charge in [-0.1, -0.05) is 6.92 Å². The Morgan fingerprint density at radius 3 is 2.44 bits per heavy atom. The molecule has 0 aliphatic carbocycles. The molecule has 1 fully saturated rings. The molecule has 0 radical (unpaired) electrons. The van der Waals surface area contributed by atoms with Crippen LogP contribution in [0, 0.1) is 5.92 Å². The fraction of sp³-hybridized carbons (Fsp3) is 0.538. The Balaban J connectivity index is 2.25. The smallest absolute Gasteiger partial charge is 0.175 e. The van der Waals surface area contributed by atoms with Crippen LogP contribution < -0.4 is 4.90 Å². The minimum absolute atomic E-state index is 0.133. The maximum absolute atomic E-state index is 11.4. The molecule has 100 valence electrons. The molecule has 1 aliphatic rings. The largest absolute Gasteiger partial charge is 0.394 e. The molecule has 5 heteroatoms. The van der Waals surface area contributed by atoms with Gasteiger partial charge in [0.15, 0.2) is 9.84 Å². The number of aliphatic hydroxyl groups excluding tert-OH is 1. The van der Waals surface area contributed by atoms with E-state index in [0.717, 1.165) is 18.7 Å². The summed E-state index contributed by atoms with van der Waals surface area (Å²) in [4.78, 5) is 2.48. The lowest BCUT2D eigenvalue weighted by Crippen LogP contribution is -2.35. The number of benzene rings is 1. The van der Waals surface area contributed by atoms with Crippen LogP contribution in [0.3, 0.4) is 0 Å². The van der Waals surface area contributed by atoms with Crippen LogP contribution in [0.2, 0.25) is 0 Å². The third-order valence-corrected chi connectivity index (χ3v) is 4.79. The van der Waals surface area contributed by atoms with Crippen molar-refractivity contribution < 1.29 is 13.5 Å². The van der Waals surface area contributed by atoms with Crippen molar-refractivity contribution in [3.63, 3.8) is 0 Å². The van der Waals surface area contributed by atoms with Gasteiger partial charge in [0.05, 0.1) is 17.5 Å². The first-order chi connectivity index (χ1) is 8.43. The molecular formula is C13H19NO3S. The lowest BCUT2D eigenvalue weighted by atomic mass is 10.0. The van der Waals surface area contributed by atoms with Crippen molar-refractivity contribution in [2.45, 2.75) is 24.3 Å². The van der Waals surface area contributed by atoms with Gasteiger partial charge in [-0.05, 0) is 36.6 Å². The Morgan fingerprint density at radius 1 is 1.33 bits per heavy atom. The average Bonchev–Trinajstić information content (AvgIpc) is 2.69. The fourth-order valence-electron chi connectivity index (χ4n) is 2.49. The number of nitrogens with zero attached hydrogens (tertiary/aromatic N) is 1. The zero-order chi connectivity index (χ0) is 13.3. The summed E-state index contributed by atoms with van der Waals surface area (Å²) in [6, 6.07) is 7.02. The minimum atomic E-state index is -3.14.